The molecule has 182 valence electrons. The number of phenols is 1. The van der Waals surface area contributed by atoms with Crippen LogP contribution in [0.2, 0.25) is 0 Å². The predicted octanol–water partition coefficient (Wildman–Crippen LogP) is 4.19. The number of rotatable bonds is 3. The summed E-state index contributed by atoms with van der Waals surface area (Å²) in [6, 6.07) is 5.29. The number of ether oxygens (including phenoxy) is 1. The summed E-state index contributed by atoms with van der Waals surface area (Å²) >= 11 is 0. The zero-order chi connectivity index (χ0) is 25.7. The van der Waals surface area contributed by atoms with Gasteiger partial charge in [0.05, 0.1) is 24.2 Å². The van der Waals surface area contributed by atoms with Gasteiger partial charge in [0.25, 0.3) is 0 Å². The Morgan fingerprint density at radius 1 is 1.25 bits per heavy atom. The van der Waals surface area contributed by atoms with Crippen molar-refractivity contribution in [1.29, 1.82) is 0 Å². The van der Waals surface area contributed by atoms with Gasteiger partial charge >= 0.3 is 6.01 Å². The minimum Gasteiger partial charge on any atom is -0.508 e. The molecule has 1 saturated heterocycles. The van der Waals surface area contributed by atoms with Crippen LogP contribution in [0.15, 0.2) is 42.6 Å². The zero-order valence-electron chi connectivity index (χ0n) is 19.6. The van der Waals surface area contributed by atoms with E-state index in [1.165, 1.54) is 37.6 Å². The van der Waals surface area contributed by atoms with Crippen molar-refractivity contribution in [3.05, 3.63) is 59.8 Å². The van der Waals surface area contributed by atoms with Gasteiger partial charge in [-0.25, -0.2) is 8.78 Å². The molecule has 36 heavy (non-hydrogen) atoms. The van der Waals surface area contributed by atoms with Crippen molar-refractivity contribution < 1.29 is 23.7 Å². The van der Waals surface area contributed by atoms with Crippen molar-refractivity contribution in [3.8, 4) is 35.4 Å². The highest BCUT2D eigenvalue weighted by atomic mass is 19.1. The number of phenolic OH excluding ortho intramolecular Hbond substituents is 1. The first-order valence-corrected chi connectivity index (χ1v) is 11.2. The second kappa shape index (κ2) is 8.73. The number of methoxy groups -OCH3 is 1. The quantitative estimate of drug-likeness (QED) is 0.330. The van der Waals surface area contributed by atoms with Crippen LogP contribution < -0.4 is 9.64 Å². The fraction of sp³-hybridized carbons (Fsp3) is 0.222. The molecule has 2 aromatic heterocycles. The van der Waals surface area contributed by atoms with E-state index in [1.54, 1.807) is 0 Å². The van der Waals surface area contributed by atoms with Gasteiger partial charge in [0.1, 0.15) is 28.6 Å². The van der Waals surface area contributed by atoms with Crippen molar-refractivity contribution >= 4 is 27.5 Å². The van der Waals surface area contributed by atoms with Crippen molar-refractivity contribution in [1.82, 2.24) is 15.0 Å². The number of terminal acetylenes is 1. The largest absolute Gasteiger partial charge is 0.508 e. The summed E-state index contributed by atoms with van der Waals surface area (Å²) < 4.78 is 35.9. The minimum absolute atomic E-state index is 0.0611. The molecule has 0 spiro atoms. The molecular weight excluding hydrogens is 466 g/mol. The van der Waals surface area contributed by atoms with E-state index in [2.05, 4.69) is 27.5 Å². The molecule has 0 radical (unpaired) electrons. The number of pyridine rings is 1. The molecule has 1 aliphatic heterocycles. The predicted molar refractivity (Wildman–Crippen MR) is 133 cm³/mol. The van der Waals surface area contributed by atoms with Crippen LogP contribution in [-0.2, 0) is 0 Å². The van der Waals surface area contributed by atoms with E-state index in [0.717, 1.165) is 0 Å². The Kier molecular flexibility index (Phi) is 5.69. The number of hydrogen-bond acceptors (Lipinski definition) is 7. The molecule has 9 heteroatoms. The lowest BCUT2D eigenvalue weighted by Crippen LogP contribution is -2.44. The summed E-state index contributed by atoms with van der Waals surface area (Å²) in [5, 5.41) is 21.6. The van der Waals surface area contributed by atoms with Crippen LogP contribution in [0.3, 0.4) is 0 Å². The summed E-state index contributed by atoms with van der Waals surface area (Å²) in [4.78, 5) is 14.9. The lowest BCUT2D eigenvalue weighted by molar-refractivity contribution is 0.141. The van der Waals surface area contributed by atoms with E-state index in [0.29, 0.717) is 35.3 Å². The molecule has 0 amide bonds. The number of aromatic hydroxyl groups is 1. The highest BCUT2D eigenvalue weighted by Gasteiger charge is 2.30. The number of fused-ring (bicyclic) bond motifs is 2. The number of benzene rings is 2. The molecule has 0 aliphatic carbocycles. The average Bonchev–Trinajstić information content (AvgIpc) is 2.86. The summed E-state index contributed by atoms with van der Waals surface area (Å²) in [6.07, 6.45) is 6.34. The van der Waals surface area contributed by atoms with Crippen LogP contribution in [-0.4, -0.2) is 51.5 Å². The summed E-state index contributed by atoms with van der Waals surface area (Å²) in [5.41, 5.74) is 0.438. The Bertz CT molecular complexity index is 1600. The van der Waals surface area contributed by atoms with Crippen LogP contribution >= 0.6 is 0 Å². The fourth-order valence-electron chi connectivity index (χ4n) is 4.71. The van der Waals surface area contributed by atoms with Gasteiger partial charge in [-0.05, 0) is 29.2 Å². The summed E-state index contributed by atoms with van der Waals surface area (Å²) in [6.45, 7) is 6.59. The van der Waals surface area contributed by atoms with Crippen molar-refractivity contribution in [2.75, 3.05) is 25.1 Å². The number of aromatic nitrogens is 3. The molecule has 1 fully saturated rings. The second-order valence-corrected chi connectivity index (χ2v) is 8.84. The van der Waals surface area contributed by atoms with Gasteiger partial charge < -0.3 is 19.8 Å². The minimum atomic E-state index is -0.808. The molecule has 2 N–H and O–H groups in total. The SMILES string of the molecule is C#Cc1c(F)ccc2cc(O)cc(-c3ncc4c(N5CC(=C)C(O)C(C)C5)nc(OC)nc4c3F)c12. The maximum atomic E-state index is 16.1. The number of aliphatic hydroxyl groups excluding tert-OH is 1. The maximum absolute atomic E-state index is 16.1. The van der Waals surface area contributed by atoms with Gasteiger partial charge in [0, 0.05) is 36.2 Å². The number of piperidine rings is 1. The van der Waals surface area contributed by atoms with Crippen LogP contribution in [0.5, 0.6) is 11.8 Å². The van der Waals surface area contributed by atoms with E-state index >= 15 is 4.39 Å². The van der Waals surface area contributed by atoms with Crippen molar-refractivity contribution in [3.63, 3.8) is 0 Å². The number of aliphatic hydroxyl groups is 1. The number of halogens is 2. The summed E-state index contributed by atoms with van der Waals surface area (Å²) in [5.74, 6) is 0.956. The highest BCUT2D eigenvalue weighted by molar-refractivity contribution is 6.03. The molecule has 2 aromatic carbocycles. The second-order valence-electron chi connectivity index (χ2n) is 8.84. The third-order valence-corrected chi connectivity index (χ3v) is 6.44. The first-order chi connectivity index (χ1) is 17.2. The molecule has 0 bridgehead atoms. The Balaban J connectivity index is 1.77. The van der Waals surface area contributed by atoms with Gasteiger partial charge in [-0.2, -0.15) is 9.97 Å². The van der Waals surface area contributed by atoms with Crippen LogP contribution in [0.25, 0.3) is 32.9 Å². The first kappa shape index (κ1) is 23.5. The molecule has 3 heterocycles. The maximum Gasteiger partial charge on any atom is 0.318 e. The monoisotopic (exact) mass is 488 g/mol. The highest BCUT2D eigenvalue weighted by Crippen LogP contribution is 2.39. The molecule has 2 unspecified atom stereocenters. The van der Waals surface area contributed by atoms with Crippen LogP contribution in [0.4, 0.5) is 14.6 Å². The molecule has 0 saturated carbocycles. The van der Waals surface area contributed by atoms with E-state index in [1.807, 2.05) is 11.8 Å². The summed E-state index contributed by atoms with van der Waals surface area (Å²) in [7, 11) is 1.37. The van der Waals surface area contributed by atoms with Gasteiger partial charge in [-0.15, -0.1) is 6.42 Å². The van der Waals surface area contributed by atoms with E-state index in [-0.39, 0.29) is 45.4 Å². The molecule has 7 nitrogen and oxygen atoms in total. The van der Waals surface area contributed by atoms with Gasteiger partial charge in [-0.1, -0.05) is 25.5 Å². The Morgan fingerprint density at radius 2 is 2.03 bits per heavy atom. The molecule has 1 aliphatic rings. The topological polar surface area (TPSA) is 91.6 Å². The average molecular weight is 488 g/mol. The van der Waals surface area contributed by atoms with E-state index in [9.17, 15) is 14.6 Å². The Labute approximate surface area is 205 Å². The molecule has 2 atom stereocenters. The number of nitrogens with zero attached hydrogens (tertiary/aromatic N) is 4. The standard InChI is InChI=1S/C27H22F2N4O3/c1-5-17-20(28)7-6-15-8-16(34)9-18(21(15)17)23-22(29)24-19(10-30-23)26(32-27(31-24)36-4)33-11-13(2)25(35)14(3)12-33/h1,6-10,14,25,34-35H,2,11-12H2,3-4H3. The first-order valence-electron chi connectivity index (χ1n) is 11.2. The van der Waals surface area contributed by atoms with E-state index in [4.69, 9.17) is 11.2 Å². The van der Waals surface area contributed by atoms with Crippen molar-refractivity contribution in [2.45, 2.75) is 13.0 Å². The normalized spacial score (nSPS) is 18.0. The smallest absolute Gasteiger partial charge is 0.318 e. The van der Waals surface area contributed by atoms with Crippen LogP contribution in [0.1, 0.15) is 12.5 Å². The number of anilines is 1. The third kappa shape index (κ3) is 3.67. The Hall–Kier alpha value is -4.29. The Morgan fingerprint density at radius 3 is 2.72 bits per heavy atom. The third-order valence-electron chi connectivity index (χ3n) is 6.44. The number of hydrogen-bond donors (Lipinski definition) is 2. The fourth-order valence-corrected chi connectivity index (χ4v) is 4.71. The molecule has 4 aromatic rings. The van der Waals surface area contributed by atoms with Crippen LogP contribution in [0, 0.1) is 29.9 Å². The van der Waals surface area contributed by atoms with E-state index < -0.39 is 17.7 Å². The van der Waals surface area contributed by atoms with Gasteiger partial charge in [0.2, 0.25) is 0 Å². The van der Waals surface area contributed by atoms with Gasteiger partial charge in [-0.3, -0.25) is 4.98 Å². The zero-order valence-corrected chi connectivity index (χ0v) is 19.6. The van der Waals surface area contributed by atoms with Crippen molar-refractivity contribution in [2.24, 2.45) is 5.92 Å². The lowest BCUT2D eigenvalue weighted by Gasteiger charge is -2.37. The lowest BCUT2D eigenvalue weighted by atomic mass is 9.93. The van der Waals surface area contributed by atoms with Gasteiger partial charge in [0.15, 0.2) is 5.82 Å². The molecule has 5 rings (SSSR count). The molecular formula is C27H22F2N4O3.